The molecule has 0 bridgehead atoms. The number of hydrogen-bond acceptors (Lipinski definition) is 3. The Kier molecular flexibility index (Phi) is 3.27. The molecule has 0 saturated carbocycles. The Balaban J connectivity index is 2.15. The lowest BCUT2D eigenvalue weighted by atomic mass is 10.1. The topological polar surface area (TPSA) is 6.48 Å². The monoisotopic (exact) mass is 274 g/mol. The van der Waals surface area contributed by atoms with E-state index in [4.69, 9.17) is 0 Å². The fourth-order valence-corrected chi connectivity index (χ4v) is 3.41. The molecule has 1 aromatic heterocycles. The molecule has 2 heterocycles. The van der Waals surface area contributed by atoms with Crippen molar-refractivity contribution >= 4 is 27.3 Å². The maximum absolute atomic E-state index is 3.52. The van der Waals surface area contributed by atoms with Crippen LogP contribution in [0.3, 0.4) is 0 Å². The van der Waals surface area contributed by atoms with Gasteiger partial charge in [0.1, 0.15) is 0 Å². The molecule has 1 aromatic rings. The second-order valence-electron chi connectivity index (χ2n) is 3.90. The third-order valence-corrected chi connectivity index (χ3v) is 4.50. The van der Waals surface area contributed by atoms with Gasteiger partial charge in [0.15, 0.2) is 0 Å². The fraction of sp³-hybridized carbons (Fsp3) is 0.600. The molecule has 2 rings (SSSR count). The second kappa shape index (κ2) is 4.31. The molecule has 1 aliphatic heterocycles. The predicted octanol–water partition coefficient (Wildman–Crippen LogP) is 2.43. The van der Waals surface area contributed by atoms with Gasteiger partial charge in [-0.15, -0.1) is 11.3 Å². The Bertz CT molecular complexity index is 313. The molecule has 0 aromatic carbocycles. The highest BCUT2D eigenvalue weighted by molar-refractivity contribution is 9.11. The van der Waals surface area contributed by atoms with Crippen molar-refractivity contribution in [3.63, 3.8) is 0 Å². The highest BCUT2D eigenvalue weighted by Gasteiger charge is 2.24. The summed E-state index contributed by atoms with van der Waals surface area (Å²) in [6, 6.07) is 4.95. The normalized spacial score (nSPS) is 25.5. The first-order valence-corrected chi connectivity index (χ1v) is 6.42. The van der Waals surface area contributed by atoms with Crippen molar-refractivity contribution in [2.75, 3.05) is 33.7 Å². The molecule has 0 aliphatic carbocycles. The molecule has 1 aliphatic rings. The molecule has 78 valence electrons. The quantitative estimate of drug-likeness (QED) is 0.776. The minimum Gasteiger partial charge on any atom is -0.303 e. The third kappa shape index (κ3) is 2.19. The lowest BCUT2D eigenvalue weighted by molar-refractivity contribution is 0.117. The van der Waals surface area contributed by atoms with E-state index >= 15 is 0 Å². The standard InChI is InChI=1S/C10H15BrN2S/c1-12-5-6-13(2)8(7-12)9-3-4-10(11)14-9/h3-4,8H,5-7H2,1-2H3. The van der Waals surface area contributed by atoms with E-state index in [-0.39, 0.29) is 0 Å². The van der Waals surface area contributed by atoms with Crippen molar-refractivity contribution in [2.24, 2.45) is 0 Å². The summed E-state index contributed by atoms with van der Waals surface area (Å²) in [5.41, 5.74) is 0. The van der Waals surface area contributed by atoms with Crippen LogP contribution in [0, 0.1) is 0 Å². The van der Waals surface area contributed by atoms with Crippen molar-refractivity contribution in [3.8, 4) is 0 Å². The fourth-order valence-electron chi connectivity index (χ4n) is 1.82. The minimum atomic E-state index is 0.574. The summed E-state index contributed by atoms with van der Waals surface area (Å²) in [5.74, 6) is 0. The van der Waals surface area contributed by atoms with Crippen molar-refractivity contribution in [1.29, 1.82) is 0 Å². The smallest absolute Gasteiger partial charge is 0.0702 e. The van der Waals surface area contributed by atoms with E-state index in [0.29, 0.717) is 6.04 Å². The first-order valence-electron chi connectivity index (χ1n) is 4.81. The van der Waals surface area contributed by atoms with Crippen LogP contribution in [0.15, 0.2) is 15.9 Å². The molecule has 0 spiro atoms. The summed E-state index contributed by atoms with van der Waals surface area (Å²) in [6.07, 6.45) is 0. The molecule has 4 heteroatoms. The van der Waals surface area contributed by atoms with Gasteiger partial charge in [-0.2, -0.15) is 0 Å². The maximum atomic E-state index is 3.52. The van der Waals surface area contributed by atoms with Gasteiger partial charge in [0.2, 0.25) is 0 Å². The number of rotatable bonds is 1. The zero-order valence-corrected chi connectivity index (χ0v) is 10.9. The minimum absolute atomic E-state index is 0.574. The van der Waals surface area contributed by atoms with Gasteiger partial charge < -0.3 is 4.90 Å². The first kappa shape index (κ1) is 10.6. The van der Waals surface area contributed by atoms with Crippen LogP contribution in [0.2, 0.25) is 0 Å². The van der Waals surface area contributed by atoms with E-state index in [1.165, 1.54) is 15.2 Å². The zero-order valence-electron chi connectivity index (χ0n) is 8.53. The molecule has 14 heavy (non-hydrogen) atoms. The summed E-state index contributed by atoms with van der Waals surface area (Å²) in [5, 5.41) is 0. The number of nitrogens with zero attached hydrogens (tertiary/aromatic N) is 2. The van der Waals surface area contributed by atoms with Gasteiger partial charge in [-0.25, -0.2) is 0 Å². The van der Waals surface area contributed by atoms with E-state index in [0.717, 1.165) is 13.1 Å². The van der Waals surface area contributed by atoms with Gasteiger partial charge in [-0.1, -0.05) is 0 Å². The van der Waals surface area contributed by atoms with Crippen LogP contribution in [0.1, 0.15) is 10.9 Å². The Morgan fingerprint density at radius 3 is 2.79 bits per heavy atom. The molecule has 0 amide bonds. The Labute approximate surface area is 97.6 Å². The Morgan fingerprint density at radius 2 is 2.14 bits per heavy atom. The lowest BCUT2D eigenvalue weighted by Crippen LogP contribution is -2.44. The van der Waals surface area contributed by atoms with E-state index in [1.54, 1.807) is 0 Å². The number of piperazine rings is 1. The summed E-state index contributed by atoms with van der Waals surface area (Å²) < 4.78 is 1.23. The third-order valence-electron chi connectivity index (χ3n) is 2.77. The number of halogens is 1. The Morgan fingerprint density at radius 1 is 1.36 bits per heavy atom. The van der Waals surface area contributed by atoms with Crippen LogP contribution in [-0.4, -0.2) is 43.5 Å². The van der Waals surface area contributed by atoms with Gasteiger partial charge in [-0.3, -0.25) is 4.90 Å². The summed E-state index contributed by atoms with van der Waals surface area (Å²) in [6.45, 7) is 3.49. The van der Waals surface area contributed by atoms with Crippen LogP contribution in [0.5, 0.6) is 0 Å². The van der Waals surface area contributed by atoms with E-state index in [9.17, 15) is 0 Å². The van der Waals surface area contributed by atoms with Crippen LogP contribution < -0.4 is 0 Å². The first-order chi connectivity index (χ1) is 6.66. The predicted molar refractivity (Wildman–Crippen MR) is 64.9 cm³/mol. The zero-order chi connectivity index (χ0) is 10.1. The van der Waals surface area contributed by atoms with Crippen molar-refractivity contribution in [3.05, 3.63) is 20.8 Å². The highest BCUT2D eigenvalue weighted by atomic mass is 79.9. The second-order valence-corrected chi connectivity index (χ2v) is 6.40. The number of likely N-dealkylation sites (N-methyl/N-ethyl adjacent to an activating group) is 2. The van der Waals surface area contributed by atoms with E-state index in [1.807, 2.05) is 11.3 Å². The van der Waals surface area contributed by atoms with Crippen molar-refractivity contribution in [2.45, 2.75) is 6.04 Å². The molecule has 1 unspecified atom stereocenters. The molecule has 0 N–H and O–H groups in total. The molecule has 1 fully saturated rings. The van der Waals surface area contributed by atoms with Gasteiger partial charge in [0.05, 0.1) is 9.83 Å². The molecule has 0 radical (unpaired) electrons. The van der Waals surface area contributed by atoms with Gasteiger partial charge in [0, 0.05) is 24.5 Å². The van der Waals surface area contributed by atoms with Crippen LogP contribution in [0.4, 0.5) is 0 Å². The SMILES string of the molecule is CN1CCN(C)C(c2ccc(Br)s2)C1. The largest absolute Gasteiger partial charge is 0.303 e. The van der Waals surface area contributed by atoms with Crippen LogP contribution >= 0.6 is 27.3 Å². The van der Waals surface area contributed by atoms with E-state index < -0.39 is 0 Å². The molecule has 1 saturated heterocycles. The maximum Gasteiger partial charge on any atom is 0.0702 e. The van der Waals surface area contributed by atoms with Gasteiger partial charge >= 0.3 is 0 Å². The summed E-state index contributed by atoms with van der Waals surface area (Å²) >= 11 is 5.37. The summed E-state index contributed by atoms with van der Waals surface area (Å²) in [4.78, 5) is 6.31. The van der Waals surface area contributed by atoms with Crippen molar-refractivity contribution < 1.29 is 0 Å². The molecule has 1 atom stereocenters. The highest BCUT2D eigenvalue weighted by Crippen LogP contribution is 2.31. The summed E-state index contributed by atoms with van der Waals surface area (Å²) in [7, 11) is 4.41. The lowest BCUT2D eigenvalue weighted by Gasteiger charge is -2.37. The number of hydrogen-bond donors (Lipinski definition) is 0. The van der Waals surface area contributed by atoms with Crippen LogP contribution in [0.25, 0.3) is 0 Å². The average molecular weight is 275 g/mol. The molecular weight excluding hydrogens is 260 g/mol. The molecular formula is C10H15BrN2S. The van der Waals surface area contributed by atoms with Crippen molar-refractivity contribution in [1.82, 2.24) is 9.80 Å². The van der Waals surface area contributed by atoms with Gasteiger partial charge in [0.25, 0.3) is 0 Å². The average Bonchev–Trinajstić information content (AvgIpc) is 2.56. The van der Waals surface area contributed by atoms with Crippen LogP contribution in [-0.2, 0) is 0 Å². The number of thiophene rings is 1. The van der Waals surface area contributed by atoms with E-state index in [2.05, 4.69) is 52.0 Å². The molecule has 2 nitrogen and oxygen atoms in total. The van der Waals surface area contributed by atoms with Gasteiger partial charge in [-0.05, 0) is 42.2 Å². The Hall–Kier alpha value is 0.1000.